The first-order valence-corrected chi connectivity index (χ1v) is 2.74. The molecule has 3 nitrogen and oxygen atoms in total. The van der Waals surface area contributed by atoms with E-state index in [2.05, 4.69) is 4.98 Å². The van der Waals surface area contributed by atoms with E-state index in [1.54, 1.807) is 0 Å². The van der Waals surface area contributed by atoms with Gasteiger partial charge in [-0.15, -0.1) is 0 Å². The van der Waals surface area contributed by atoms with Crippen LogP contribution in [0.3, 0.4) is 0 Å². The van der Waals surface area contributed by atoms with Crippen molar-refractivity contribution < 1.29 is 9.59 Å². The Balaban J connectivity index is 2.95. The van der Waals surface area contributed by atoms with E-state index >= 15 is 0 Å². The van der Waals surface area contributed by atoms with Crippen molar-refractivity contribution in [1.29, 1.82) is 0 Å². The molecule has 0 atom stereocenters. The van der Waals surface area contributed by atoms with Gasteiger partial charge in [-0.1, -0.05) is 0 Å². The summed E-state index contributed by atoms with van der Waals surface area (Å²) in [5, 5.41) is 0. The average molecular weight is 135 g/mol. The molecule has 10 heavy (non-hydrogen) atoms. The fourth-order valence-electron chi connectivity index (χ4n) is 0.584. The maximum Gasteiger partial charge on any atom is 0.225 e. The molecule has 50 valence electrons. The minimum absolute atomic E-state index is 0.287. The number of Topliss-reactive ketones (excluding diaryl/α,β-unsaturated/α-hetero) is 1. The van der Waals surface area contributed by atoms with Gasteiger partial charge in [-0.3, -0.25) is 14.6 Å². The van der Waals surface area contributed by atoms with Crippen LogP contribution in [-0.4, -0.2) is 17.1 Å². The molecule has 3 heteroatoms. The van der Waals surface area contributed by atoms with Gasteiger partial charge < -0.3 is 0 Å². The monoisotopic (exact) mass is 135 g/mol. The molecule has 1 heterocycles. The Morgan fingerprint density at radius 1 is 1.40 bits per heavy atom. The van der Waals surface area contributed by atoms with Crippen molar-refractivity contribution in [2.45, 2.75) is 0 Å². The van der Waals surface area contributed by atoms with Crippen LogP contribution >= 0.6 is 0 Å². The minimum Gasteiger partial charge on any atom is -0.294 e. The van der Waals surface area contributed by atoms with Crippen molar-refractivity contribution in [2.75, 3.05) is 0 Å². The van der Waals surface area contributed by atoms with Crippen LogP contribution in [0, 0.1) is 0 Å². The number of hydrogen-bond acceptors (Lipinski definition) is 3. The number of aldehydes is 1. The predicted molar refractivity (Wildman–Crippen MR) is 34.6 cm³/mol. The number of aromatic nitrogens is 1. The lowest BCUT2D eigenvalue weighted by Gasteiger charge is -1.88. The lowest BCUT2D eigenvalue weighted by molar-refractivity contribution is -0.104. The zero-order valence-corrected chi connectivity index (χ0v) is 5.15. The maximum atomic E-state index is 10.6. The molecule has 0 aromatic carbocycles. The average Bonchev–Trinajstić information content (AvgIpc) is 2.05. The molecule has 0 radical (unpaired) electrons. The molecule has 0 bridgehead atoms. The Morgan fingerprint density at radius 2 is 2.00 bits per heavy atom. The van der Waals surface area contributed by atoms with Crippen LogP contribution in [-0.2, 0) is 4.79 Å². The normalized spacial score (nSPS) is 8.80. The molecule has 0 amide bonds. The molecule has 0 saturated carbocycles. The number of hydrogen-bond donors (Lipinski definition) is 0. The van der Waals surface area contributed by atoms with Crippen LogP contribution < -0.4 is 0 Å². The van der Waals surface area contributed by atoms with Gasteiger partial charge in [0.2, 0.25) is 5.78 Å². The zero-order chi connectivity index (χ0) is 7.40. The van der Waals surface area contributed by atoms with E-state index < -0.39 is 5.78 Å². The molecular weight excluding hydrogens is 130 g/mol. The lowest BCUT2D eigenvalue weighted by atomic mass is 10.2. The summed E-state index contributed by atoms with van der Waals surface area (Å²) in [4.78, 5) is 24.2. The standard InChI is InChI=1S/C7H5NO2/c9-5-7(10)6-1-3-8-4-2-6/h1-5H. The van der Waals surface area contributed by atoms with Gasteiger partial charge in [0.15, 0.2) is 6.29 Å². The highest BCUT2D eigenvalue weighted by atomic mass is 16.2. The molecule has 0 fully saturated rings. The van der Waals surface area contributed by atoms with E-state index in [9.17, 15) is 9.59 Å². The Morgan fingerprint density at radius 3 is 2.50 bits per heavy atom. The number of rotatable bonds is 2. The molecular formula is C7H5NO2. The SMILES string of the molecule is O=CC(=O)c1ccncc1. The van der Waals surface area contributed by atoms with Crippen LogP contribution in [0.4, 0.5) is 0 Å². The van der Waals surface area contributed by atoms with Crippen LogP contribution in [0.15, 0.2) is 24.5 Å². The van der Waals surface area contributed by atoms with Crippen molar-refractivity contribution in [3.63, 3.8) is 0 Å². The molecule has 0 unspecified atom stereocenters. The smallest absolute Gasteiger partial charge is 0.225 e. The van der Waals surface area contributed by atoms with Gasteiger partial charge in [-0.25, -0.2) is 0 Å². The van der Waals surface area contributed by atoms with Crippen molar-refractivity contribution in [3.8, 4) is 0 Å². The third-order valence-corrected chi connectivity index (χ3v) is 1.07. The van der Waals surface area contributed by atoms with E-state index in [1.165, 1.54) is 24.5 Å². The number of carbonyl (C=O) groups is 2. The first-order chi connectivity index (χ1) is 4.84. The molecule has 1 rings (SSSR count). The van der Waals surface area contributed by atoms with E-state index in [4.69, 9.17) is 0 Å². The summed E-state index contributed by atoms with van der Waals surface area (Å²) in [6.45, 7) is 0. The third-order valence-electron chi connectivity index (χ3n) is 1.07. The van der Waals surface area contributed by atoms with Crippen LogP contribution in [0.2, 0.25) is 0 Å². The molecule has 0 N–H and O–H groups in total. The topological polar surface area (TPSA) is 47.0 Å². The highest BCUT2D eigenvalue weighted by molar-refractivity contribution is 6.33. The molecule has 0 aliphatic heterocycles. The fraction of sp³-hybridized carbons (Fsp3) is 0. The van der Waals surface area contributed by atoms with E-state index in [1.807, 2.05) is 0 Å². The van der Waals surface area contributed by atoms with Gasteiger partial charge in [-0.05, 0) is 12.1 Å². The van der Waals surface area contributed by atoms with Crippen molar-refractivity contribution in [2.24, 2.45) is 0 Å². The van der Waals surface area contributed by atoms with Crippen LogP contribution in [0.25, 0.3) is 0 Å². The first-order valence-electron chi connectivity index (χ1n) is 2.74. The van der Waals surface area contributed by atoms with Crippen LogP contribution in [0.5, 0.6) is 0 Å². The summed E-state index contributed by atoms with van der Waals surface area (Å²) in [6, 6.07) is 2.99. The molecule has 1 aromatic heterocycles. The largest absolute Gasteiger partial charge is 0.294 e. The van der Waals surface area contributed by atoms with Crippen molar-refractivity contribution in [3.05, 3.63) is 30.1 Å². The fourth-order valence-corrected chi connectivity index (χ4v) is 0.584. The van der Waals surface area contributed by atoms with E-state index in [0.29, 0.717) is 5.56 Å². The summed E-state index contributed by atoms with van der Waals surface area (Å²) in [6.07, 6.45) is 3.22. The van der Waals surface area contributed by atoms with Gasteiger partial charge >= 0.3 is 0 Å². The molecule has 0 saturated heterocycles. The number of ketones is 1. The number of carbonyl (C=O) groups excluding carboxylic acids is 2. The summed E-state index contributed by atoms with van der Waals surface area (Å²) in [7, 11) is 0. The highest BCUT2D eigenvalue weighted by Gasteiger charge is 1.99. The van der Waals surface area contributed by atoms with Gasteiger partial charge in [0.05, 0.1) is 0 Å². The molecule has 0 spiro atoms. The first kappa shape index (κ1) is 6.61. The van der Waals surface area contributed by atoms with Crippen molar-refractivity contribution >= 4 is 12.1 Å². The Hall–Kier alpha value is -1.51. The van der Waals surface area contributed by atoms with Gasteiger partial charge in [0.25, 0.3) is 0 Å². The van der Waals surface area contributed by atoms with Gasteiger partial charge in [0.1, 0.15) is 0 Å². The zero-order valence-electron chi connectivity index (χ0n) is 5.15. The molecule has 1 aromatic rings. The number of nitrogens with zero attached hydrogens (tertiary/aromatic N) is 1. The van der Waals surface area contributed by atoms with Gasteiger partial charge in [-0.2, -0.15) is 0 Å². The minimum atomic E-state index is -0.512. The Bertz CT molecular complexity index is 243. The molecule has 0 aliphatic rings. The van der Waals surface area contributed by atoms with Crippen LogP contribution in [0.1, 0.15) is 10.4 Å². The molecule has 0 aliphatic carbocycles. The van der Waals surface area contributed by atoms with E-state index in [-0.39, 0.29) is 6.29 Å². The summed E-state index contributed by atoms with van der Waals surface area (Å²) in [5.74, 6) is -0.512. The van der Waals surface area contributed by atoms with Crippen molar-refractivity contribution in [1.82, 2.24) is 4.98 Å². The second kappa shape index (κ2) is 2.87. The third kappa shape index (κ3) is 1.25. The highest BCUT2D eigenvalue weighted by Crippen LogP contribution is 1.94. The second-order valence-corrected chi connectivity index (χ2v) is 1.72. The van der Waals surface area contributed by atoms with Gasteiger partial charge in [0, 0.05) is 18.0 Å². The number of pyridine rings is 1. The second-order valence-electron chi connectivity index (χ2n) is 1.72. The summed E-state index contributed by atoms with van der Waals surface area (Å²) in [5.41, 5.74) is 0.380. The lowest BCUT2D eigenvalue weighted by Crippen LogP contribution is -1.98. The Labute approximate surface area is 57.7 Å². The predicted octanol–water partition coefficient (Wildman–Crippen LogP) is 0.463. The quantitative estimate of drug-likeness (QED) is 0.336. The summed E-state index contributed by atoms with van der Waals surface area (Å²) < 4.78 is 0. The summed E-state index contributed by atoms with van der Waals surface area (Å²) >= 11 is 0. The maximum absolute atomic E-state index is 10.6. The Kier molecular flexibility index (Phi) is 1.89. The van der Waals surface area contributed by atoms with E-state index in [0.717, 1.165) is 0 Å².